The lowest BCUT2D eigenvalue weighted by atomic mass is 10.2. The van der Waals surface area contributed by atoms with Crippen LogP contribution in [0, 0.1) is 6.92 Å². The van der Waals surface area contributed by atoms with Gasteiger partial charge in [-0.15, -0.1) is 0 Å². The third-order valence-electron chi connectivity index (χ3n) is 0.927. The van der Waals surface area contributed by atoms with Gasteiger partial charge in [0.1, 0.15) is 6.10 Å². The molecule has 0 aromatic rings. The molecule has 0 amide bonds. The molecule has 0 bridgehead atoms. The first-order valence-electron chi connectivity index (χ1n) is 2.48. The van der Waals surface area contributed by atoms with E-state index < -0.39 is 18.8 Å². The van der Waals surface area contributed by atoms with Crippen molar-refractivity contribution in [2.75, 3.05) is 6.61 Å². The van der Waals surface area contributed by atoms with Gasteiger partial charge in [0.25, 0.3) is 0 Å². The second kappa shape index (κ2) is 3.83. The quantitative estimate of drug-likeness (QED) is 0.443. The van der Waals surface area contributed by atoms with Crippen molar-refractivity contribution in [3.8, 4) is 0 Å². The summed E-state index contributed by atoms with van der Waals surface area (Å²) in [6.07, 6.45) is -1.70. The fraction of sp³-hybridized carbons (Fsp3) is 0.800. The number of aliphatic hydroxyl groups excluding tert-OH is 3. The van der Waals surface area contributed by atoms with Crippen molar-refractivity contribution < 1.29 is 15.3 Å². The van der Waals surface area contributed by atoms with Crippen molar-refractivity contribution in [2.24, 2.45) is 0 Å². The number of hydrogen-bond acceptors (Lipinski definition) is 3. The molecule has 3 N–H and O–H groups in total. The summed E-state index contributed by atoms with van der Waals surface area (Å²) in [5, 5.41) is 25.4. The summed E-state index contributed by atoms with van der Waals surface area (Å²) in [5.74, 6) is 0. The minimum atomic E-state index is -1.03. The second-order valence-corrected chi connectivity index (χ2v) is 1.61. The Morgan fingerprint density at radius 2 is 1.75 bits per heavy atom. The van der Waals surface area contributed by atoms with Crippen LogP contribution in [0.25, 0.3) is 0 Å². The van der Waals surface area contributed by atoms with Gasteiger partial charge < -0.3 is 15.3 Å². The zero-order chi connectivity index (χ0) is 6.57. The lowest BCUT2D eigenvalue weighted by Gasteiger charge is -2.11. The van der Waals surface area contributed by atoms with Crippen LogP contribution in [0.1, 0.15) is 6.42 Å². The molecule has 1 radical (unpaired) electrons. The van der Waals surface area contributed by atoms with Gasteiger partial charge >= 0.3 is 0 Å². The summed E-state index contributed by atoms with van der Waals surface area (Å²) in [5.41, 5.74) is 0. The third-order valence-corrected chi connectivity index (χ3v) is 0.927. The number of hydrogen-bond donors (Lipinski definition) is 3. The molecule has 2 atom stereocenters. The highest BCUT2D eigenvalue weighted by molar-refractivity contribution is 4.65. The predicted molar refractivity (Wildman–Crippen MR) is 29.1 cm³/mol. The van der Waals surface area contributed by atoms with Crippen LogP contribution >= 0.6 is 0 Å². The van der Waals surface area contributed by atoms with Crippen molar-refractivity contribution >= 4 is 0 Å². The SMILES string of the molecule is [CH2]CC(O)C(O)CO. The Kier molecular flexibility index (Phi) is 3.77. The molecule has 3 nitrogen and oxygen atoms in total. The van der Waals surface area contributed by atoms with Crippen LogP contribution < -0.4 is 0 Å². The Balaban J connectivity index is 3.29. The maximum Gasteiger partial charge on any atom is 0.103 e. The zero-order valence-electron chi connectivity index (χ0n) is 4.62. The summed E-state index contributed by atoms with van der Waals surface area (Å²) >= 11 is 0. The summed E-state index contributed by atoms with van der Waals surface area (Å²) < 4.78 is 0. The normalized spacial score (nSPS) is 18.0. The van der Waals surface area contributed by atoms with Gasteiger partial charge in [-0.1, -0.05) is 6.92 Å². The summed E-state index contributed by atoms with van der Waals surface area (Å²) in [7, 11) is 0. The van der Waals surface area contributed by atoms with E-state index >= 15 is 0 Å². The van der Waals surface area contributed by atoms with E-state index in [1.165, 1.54) is 0 Å². The van der Waals surface area contributed by atoms with Crippen molar-refractivity contribution in [3.05, 3.63) is 6.92 Å². The van der Waals surface area contributed by atoms with Crippen LogP contribution in [0.15, 0.2) is 0 Å². The van der Waals surface area contributed by atoms with Gasteiger partial charge in [0.15, 0.2) is 0 Å². The lowest BCUT2D eigenvalue weighted by molar-refractivity contribution is -0.0123. The number of rotatable bonds is 3. The van der Waals surface area contributed by atoms with Gasteiger partial charge in [0, 0.05) is 0 Å². The maximum atomic E-state index is 8.65. The molecule has 0 aromatic carbocycles. The smallest absolute Gasteiger partial charge is 0.103 e. The van der Waals surface area contributed by atoms with Crippen LogP contribution in [0.3, 0.4) is 0 Å². The molecule has 0 aliphatic rings. The molecular weight excluding hydrogens is 108 g/mol. The van der Waals surface area contributed by atoms with Gasteiger partial charge in [-0.3, -0.25) is 0 Å². The first-order valence-corrected chi connectivity index (χ1v) is 2.48. The molecule has 3 heteroatoms. The first-order chi connectivity index (χ1) is 3.72. The molecular formula is C5H11O3. The maximum absolute atomic E-state index is 8.65. The van der Waals surface area contributed by atoms with Gasteiger partial charge in [-0.05, 0) is 6.42 Å². The Morgan fingerprint density at radius 3 is 1.88 bits per heavy atom. The monoisotopic (exact) mass is 119 g/mol. The van der Waals surface area contributed by atoms with Gasteiger partial charge in [-0.2, -0.15) is 0 Å². The standard InChI is InChI=1S/C5H11O3/c1-2-4(7)5(8)3-6/h4-8H,1-3H2. The van der Waals surface area contributed by atoms with Gasteiger partial charge in [-0.25, -0.2) is 0 Å². The van der Waals surface area contributed by atoms with Crippen LogP contribution in [0.5, 0.6) is 0 Å². The molecule has 0 aromatic heterocycles. The fourth-order valence-electron chi connectivity index (χ4n) is 0.314. The van der Waals surface area contributed by atoms with E-state index in [9.17, 15) is 0 Å². The average Bonchev–Trinajstić information content (AvgIpc) is 1.84. The first kappa shape index (κ1) is 7.88. The van der Waals surface area contributed by atoms with Crippen molar-refractivity contribution in [2.45, 2.75) is 18.6 Å². The van der Waals surface area contributed by atoms with E-state index in [-0.39, 0.29) is 6.42 Å². The fourth-order valence-corrected chi connectivity index (χ4v) is 0.314. The van der Waals surface area contributed by atoms with Crippen LogP contribution in [-0.4, -0.2) is 34.1 Å². The minimum absolute atomic E-state index is 0.224. The van der Waals surface area contributed by atoms with Crippen LogP contribution in [0.2, 0.25) is 0 Å². The molecule has 0 aliphatic carbocycles. The van der Waals surface area contributed by atoms with Crippen molar-refractivity contribution in [1.29, 1.82) is 0 Å². The molecule has 0 heterocycles. The largest absolute Gasteiger partial charge is 0.394 e. The predicted octanol–water partition coefficient (Wildman–Crippen LogP) is -1.08. The lowest BCUT2D eigenvalue weighted by Crippen LogP contribution is -2.28. The third kappa shape index (κ3) is 2.26. The summed E-state index contributed by atoms with van der Waals surface area (Å²) in [4.78, 5) is 0. The van der Waals surface area contributed by atoms with Crippen LogP contribution in [0.4, 0.5) is 0 Å². The highest BCUT2D eigenvalue weighted by Gasteiger charge is 2.11. The highest BCUT2D eigenvalue weighted by Crippen LogP contribution is 1.94. The van der Waals surface area contributed by atoms with Crippen molar-refractivity contribution in [1.82, 2.24) is 0 Å². The highest BCUT2D eigenvalue weighted by atomic mass is 16.4. The molecule has 0 spiro atoms. The van der Waals surface area contributed by atoms with Gasteiger partial charge in [0.2, 0.25) is 0 Å². The Labute approximate surface area is 48.6 Å². The summed E-state index contributed by atoms with van der Waals surface area (Å²) in [6, 6.07) is 0. The Hall–Kier alpha value is -0.120. The van der Waals surface area contributed by atoms with E-state index in [4.69, 9.17) is 15.3 Å². The van der Waals surface area contributed by atoms with Crippen LogP contribution in [-0.2, 0) is 0 Å². The van der Waals surface area contributed by atoms with E-state index in [1.807, 2.05) is 0 Å². The molecule has 0 rings (SSSR count). The molecule has 0 saturated carbocycles. The molecule has 0 saturated heterocycles. The Bertz CT molecular complexity index is 47.6. The van der Waals surface area contributed by atoms with E-state index in [1.54, 1.807) is 0 Å². The molecule has 2 unspecified atom stereocenters. The topological polar surface area (TPSA) is 60.7 Å². The molecule has 49 valence electrons. The van der Waals surface area contributed by atoms with E-state index in [2.05, 4.69) is 6.92 Å². The zero-order valence-corrected chi connectivity index (χ0v) is 4.62. The molecule has 0 fully saturated rings. The number of aliphatic hydroxyl groups is 3. The van der Waals surface area contributed by atoms with Crippen molar-refractivity contribution in [3.63, 3.8) is 0 Å². The summed E-state index contributed by atoms with van der Waals surface area (Å²) in [6.45, 7) is 2.93. The van der Waals surface area contributed by atoms with Gasteiger partial charge in [0.05, 0.1) is 12.7 Å². The molecule has 8 heavy (non-hydrogen) atoms. The van der Waals surface area contributed by atoms with E-state index in [0.29, 0.717) is 0 Å². The minimum Gasteiger partial charge on any atom is -0.394 e. The average molecular weight is 119 g/mol. The second-order valence-electron chi connectivity index (χ2n) is 1.61. The molecule has 0 aliphatic heterocycles. The van der Waals surface area contributed by atoms with E-state index in [0.717, 1.165) is 0 Å². The Morgan fingerprint density at radius 1 is 1.25 bits per heavy atom.